The number of hydrogen-bond acceptors (Lipinski definition) is 0. The van der Waals surface area contributed by atoms with E-state index in [1.54, 1.807) is 0 Å². The lowest BCUT2D eigenvalue weighted by molar-refractivity contribution is 0.927. The molecule has 0 bridgehead atoms. The molecule has 0 aliphatic rings. The lowest BCUT2D eigenvalue weighted by Gasteiger charge is -1.95. The Balaban J connectivity index is 3.63. The van der Waals surface area contributed by atoms with E-state index >= 15 is 0 Å². The smallest absolute Gasteiger partial charge is 0.0287 e. The Morgan fingerprint density at radius 3 is 2.33 bits per heavy atom. The summed E-state index contributed by atoms with van der Waals surface area (Å²) in [6.07, 6.45) is 4.47. The Morgan fingerprint density at radius 1 is 1.44 bits per heavy atom. The first-order valence-corrected chi connectivity index (χ1v) is 3.49. The summed E-state index contributed by atoms with van der Waals surface area (Å²) in [5.74, 6) is 0. The lowest BCUT2D eigenvalue weighted by atomic mass is 10.1. The third-order valence-corrected chi connectivity index (χ3v) is 1.06. The molecular formula is C9H16. The molecular weight excluding hydrogens is 108 g/mol. The summed E-state index contributed by atoms with van der Waals surface area (Å²) in [4.78, 5) is 0. The molecule has 0 spiro atoms. The molecule has 0 N–H and O–H groups in total. The summed E-state index contributed by atoms with van der Waals surface area (Å²) in [6.45, 7) is 10.3. The molecule has 0 aromatic carbocycles. The van der Waals surface area contributed by atoms with E-state index in [-0.39, 0.29) is 0 Å². The second-order valence-electron chi connectivity index (χ2n) is 2.63. The van der Waals surface area contributed by atoms with E-state index in [0.717, 1.165) is 6.42 Å². The number of allylic oxidation sites excluding steroid dienone is 3. The molecule has 0 rings (SSSR count). The first kappa shape index (κ1) is 8.48. The molecule has 9 heavy (non-hydrogen) atoms. The monoisotopic (exact) mass is 124 g/mol. The molecule has 0 fully saturated rings. The largest absolute Gasteiger partial charge is 0.0958 e. The molecule has 0 saturated carbocycles. The summed E-state index contributed by atoms with van der Waals surface area (Å²) in [6, 6.07) is 0. The Bertz CT molecular complexity index is 114. The fourth-order valence-electron chi connectivity index (χ4n) is 0.802. The maximum atomic E-state index is 3.91. The van der Waals surface area contributed by atoms with Crippen LogP contribution < -0.4 is 0 Å². The van der Waals surface area contributed by atoms with Gasteiger partial charge < -0.3 is 0 Å². The van der Waals surface area contributed by atoms with Crippen LogP contribution in [-0.4, -0.2) is 0 Å². The van der Waals surface area contributed by atoms with Crippen LogP contribution in [0.2, 0.25) is 0 Å². The molecule has 52 valence electrons. The zero-order chi connectivity index (χ0) is 7.28. The van der Waals surface area contributed by atoms with Gasteiger partial charge in [-0.3, -0.25) is 0 Å². The van der Waals surface area contributed by atoms with Gasteiger partial charge in [0.1, 0.15) is 0 Å². The summed E-state index contributed by atoms with van der Waals surface area (Å²) in [5.41, 5.74) is 2.59. The predicted molar refractivity (Wildman–Crippen MR) is 43.5 cm³/mol. The van der Waals surface area contributed by atoms with Gasteiger partial charge in [0.25, 0.3) is 0 Å². The van der Waals surface area contributed by atoms with Gasteiger partial charge in [0, 0.05) is 0 Å². The highest BCUT2D eigenvalue weighted by molar-refractivity contribution is 5.17. The molecule has 0 atom stereocenters. The number of rotatable bonds is 3. The van der Waals surface area contributed by atoms with Crippen molar-refractivity contribution in [2.45, 2.75) is 33.6 Å². The van der Waals surface area contributed by atoms with E-state index in [2.05, 4.69) is 33.4 Å². The van der Waals surface area contributed by atoms with Crippen molar-refractivity contribution in [2.75, 3.05) is 0 Å². The van der Waals surface area contributed by atoms with Gasteiger partial charge >= 0.3 is 0 Å². The molecule has 0 unspecified atom stereocenters. The van der Waals surface area contributed by atoms with Crippen molar-refractivity contribution >= 4 is 0 Å². The third kappa shape index (κ3) is 5.35. The van der Waals surface area contributed by atoms with Crippen molar-refractivity contribution < 1.29 is 0 Å². The van der Waals surface area contributed by atoms with Crippen molar-refractivity contribution in [3.05, 3.63) is 23.8 Å². The topological polar surface area (TPSA) is 0 Å². The van der Waals surface area contributed by atoms with Gasteiger partial charge in [-0.15, -0.1) is 0 Å². The Labute approximate surface area is 58.3 Å². The van der Waals surface area contributed by atoms with Gasteiger partial charge in [-0.05, 0) is 20.3 Å². The molecule has 0 aromatic rings. The molecule has 0 aliphatic heterocycles. The van der Waals surface area contributed by atoms with Crippen LogP contribution in [0.1, 0.15) is 33.6 Å². The maximum Gasteiger partial charge on any atom is -0.0287 e. The Kier molecular flexibility index (Phi) is 4.12. The summed E-state index contributed by atoms with van der Waals surface area (Å²) < 4.78 is 0. The van der Waals surface area contributed by atoms with Crippen LogP contribution in [0.4, 0.5) is 0 Å². The van der Waals surface area contributed by atoms with Crippen LogP contribution in [0.5, 0.6) is 0 Å². The van der Waals surface area contributed by atoms with Crippen LogP contribution in [0.25, 0.3) is 0 Å². The minimum Gasteiger partial charge on any atom is -0.0958 e. The zero-order valence-corrected chi connectivity index (χ0v) is 6.70. The highest BCUT2D eigenvalue weighted by Crippen LogP contribution is 2.05. The SMILES string of the molecule is C=C(C=C(C)C)CCC. The fourth-order valence-corrected chi connectivity index (χ4v) is 0.802. The standard InChI is InChI=1S/C9H16/c1-5-6-9(4)7-8(2)3/h7H,4-6H2,1-3H3. The van der Waals surface area contributed by atoms with Crippen molar-refractivity contribution in [3.63, 3.8) is 0 Å². The van der Waals surface area contributed by atoms with Crippen molar-refractivity contribution in [2.24, 2.45) is 0 Å². The molecule has 0 nitrogen and oxygen atoms in total. The van der Waals surface area contributed by atoms with Crippen molar-refractivity contribution in [3.8, 4) is 0 Å². The molecule has 0 heteroatoms. The molecule has 0 aromatic heterocycles. The first-order chi connectivity index (χ1) is 4.16. The quantitative estimate of drug-likeness (QED) is 0.506. The average Bonchev–Trinajstić information content (AvgIpc) is 1.63. The predicted octanol–water partition coefficient (Wildman–Crippen LogP) is 3.31. The minimum absolute atomic E-state index is 1.13. The number of hydrogen-bond donors (Lipinski definition) is 0. The van der Waals surface area contributed by atoms with Crippen molar-refractivity contribution in [1.29, 1.82) is 0 Å². The van der Waals surface area contributed by atoms with E-state index in [4.69, 9.17) is 0 Å². The van der Waals surface area contributed by atoms with Gasteiger partial charge in [-0.1, -0.05) is 37.1 Å². The second-order valence-corrected chi connectivity index (χ2v) is 2.63. The highest BCUT2D eigenvalue weighted by Gasteiger charge is 1.85. The van der Waals surface area contributed by atoms with Crippen LogP contribution in [-0.2, 0) is 0 Å². The Morgan fingerprint density at radius 2 is 2.00 bits per heavy atom. The van der Waals surface area contributed by atoms with Crippen molar-refractivity contribution in [1.82, 2.24) is 0 Å². The van der Waals surface area contributed by atoms with Crippen LogP contribution in [0.15, 0.2) is 23.8 Å². The normalized spacial score (nSPS) is 8.78. The highest BCUT2D eigenvalue weighted by atomic mass is 13.9. The summed E-state index contributed by atoms with van der Waals surface area (Å²) in [7, 11) is 0. The van der Waals surface area contributed by atoms with Gasteiger partial charge in [0.05, 0.1) is 0 Å². The Hall–Kier alpha value is -0.520. The third-order valence-electron chi connectivity index (χ3n) is 1.06. The van der Waals surface area contributed by atoms with Crippen LogP contribution in [0.3, 0.4) is 0 Å². The van der Waals surface area contributed by atoms with Gasteiger partial charge in [0.15, 0.2) is 0 Å². The van der Waals surface area contributed by atoms with E-state index in [9.17, 15) is 0 Å². The van der Waals surface area contributed by atoms with Gasteiger partial charge in [0.2, 0.25) is 0 Å². The second kappa shape index (κ2) is 4.37. The molecule has 0 radical (unpaired) electrons. The molecule has 0 amide bonds. The van der Waals surface area contributed by atoms with E-state index < -0.39 is 0 Å². The zero-order valence-electron chi connectivity index (χ0n) is 6.70. The average molecular weight is 124 g/mol. The van der Waals surface area contributed by atoms with Crippen LogP contribution in [0, 0.1) is 0 Å². The maximum absolute atomic E-state index is 3.91. The minimum atomic E-state index is 1.13. The lowest BCUT2D eigenvalue weighted by Crippen LogP contribution is -1.74. The summed E-state index contributed by atoms with van der Waals surface area (Å²) >= 11 is 0. The van der Waals surface area contributed by atoms with E-state index in [1.165, 1.54) is 17.6 Å². The summed E-state index contributed by atoms with van der Waals surface area (Å²) in [5, 5.41) is 0. The first-order valence-electron chi connectivity index (χ1n) is 3.49. The van der Waals surface area contributed by atoms with E-state index in [1.807, 2.05) is 0 Å². The molecule has 0 heterocycles. The van der Waals surface area contributed by atoms with Crippen LogP contribution >= 0.6 is 0 Å². The van der Waals surface area contributed by atoms with Gasteiger partial charge in [-0.25, -0.2) is 0 Å². The van der Waals surface area contributed by atoms with Gasteiger partial charge in [-0.2, -0.15) is 0 Å². The molecule has 0 aliphatic carbocycles. The fraction of sp³-hybridized carbons (Fsp3) is 0.556. The van der Waals surface area contributed by atoms with E-state index in [0.29, 0.717) is 0 Å². The molecule has 0 saturated heterocycles.